The van der Waals surface area contributed by atoms with Crippen molar-refractivity contribution in [3.05, 3.63) is 50.4 Å². The number of nitrogen functional groups attached to an aromatic ring is 1. The monoisotopic (exact) mass is 450 g/mol. The maximum atomic E-state index is 13.8. The van der Waals surface area contributed by atoms with Crippen LogP contribution in [0.25, 0.3) is 0 Å². The Kier molecular flexibility index (Phi) is 8.56. The minimum atomic E-state index is -0.923. The number of benzene rings is 1. The molecule has 1 heterocycles. The molecule has 1 aromatic heterocycles. The molecule has 0 radical (unpaired) electrons. The smallest absolute Gasteiger partial charge is 0.338 e. The highest BCUT2D eigenvalue weighted by Gasteiger charge is 2.25. The number of unbranched alkanes of at least 4 members (excludes halogenated alkanes) is 1. The number of nitrogens with two attached hydrogens (primary N) is 1. The van der Waals surface area contributed by atoms with Crippen LogP contribution in [0, 0.1) is 5.82 Å². The lowest BCUT2D eigenvalue weighted by molar-refractivity contribution is -0.121. The van der Waals surface area contributed by atoms with Crippen molar-refractivity contribution < 1.29 is 23.5 Å². The average Bonchev–Trinajstić information content (AvgIpc) is 2.76. The molecule has 11 heteroatoms. The molecule has 0 saturated heterocycles. The third-order valence-electron chi connectivity index (χ3n) is 4.68. The number of carbonyl (C=O) groups excluding carboxylic acids is 2. The van der Waals surface area contributed by atoms with Crippen molar-refractivity contribution in [2.75, 3.05) is 30.9 Å². The number of anilines is 2. The molecular formula is C21H27FN4O6. The molecule has 2 rings (SSSR count). The van der Waals surface area contributed by atoms with Gasteiger partial charge in [0.05, 0.1) is 12.7 Å². The number of aromatic nitrogens is 2. The Bertz CT molecular complexity index is 1090. The largest absolute Gasteiger partial charge is 0.494 e. The van der Waals surface area contributed by atoms with Crippen molar-refractivity contribution in [3.8, 4) is 5.75 Å². The summed E-state index contributed by atoms with van der Waals surface area (Å²) >= 11 is 0. The minimum absolute atomic E-state index is 0.0414. The van der Waals surface area contributed by atoms with E-state index >= 15 is 0 Å². The second-order valence-electron chi connectivity index (χ2n) is 6.97. The van der Waals surface area contributed by atoms with Gasteiger partial charge in [-0.15, -0.1) is 0 Å². The van der Waals surface area contributed by atoms with Gasteiger partial charge in [-0.05, 0) is 31.0 Å². The van der Waals surface area contributed by atoms with Gasteiger partial charge in [0.25, 0.3) is 11.5 Å². The number of nitrogens with zero attached hydrogens (tertiary/aromatic N) is 2. The van der Waals surface area contributed by atoms with E-state index in [-0.39, 0.29) is 35.9 Å². The van der Waals surface area contributed by atoms with Crippen molar-refractivity contribution in [2.45, 2.75) is 39.7 Å². The highest BCUT2D eigenvalue weighted by atomic mass is 19.1. The fourth-order valence-corrected chi connectivity index (χ4v) is 3.04. The van der Waals surface area contributed by atoms with Crippen LogP contribution in [0.1, 0.15) is 43.5 Å². The van der Waals surface area contributed by atoms with Crippen LogP contribution in [0.15, 0.2) is 27.8 Å². The third kappa shape index (κ3) is 5.54. The summed E-state index contributed by atoms with van der Waals surface area (Å²) in [5.41, 5.74) is 4.29. The van der Waals surface area contributed by atoms with Crippen molar-refractivity contribution in [3.63, 3.8) is 0 Å². The first kappa shape index (κ1) is 24.6. The molecule has 0 spiro atoms. The number of hydrogen-bond donors (Lipinski definition) is 2. The number of esters is 1. The van der Waals surface area contributed by atoms with Gasteiger partial charge < -0.3 is 20.1 Å². The van der Waals surface area contributed by atoms with E-state index in [1.807, 2.05) is 13.8 Å². The molecular weight excluding hydrogens is 423 g/mol. The number of methoxy groups -OCH3 is 1. The Balaban J connectivity index is 2.28. The number of aromatic amines is 1. The SMILES string of the molecule is CCCCN(C(=O)COC(=O)c1ccc(OC)c(F)c1)c1c(N)n(CCC)c(=O)[nH]c1=O. The number of carbonyl (C=O) groups is 2. The Morgan fingerprint density at radius 3 is 2.53 bits per heavy atom. The quantitative estimate of drug-likeness (QED) is 0.525. The number of ether oxygens (including phenoxy) is 2. The molecule has 3 N–H and O–H groups in total. The number of amides is 1. The van der Waals surface area contributed by atoms with Gasteiger partial charge >= 0.3 is 11.7 Å². The van der Waals surface area contributed by atoms with E-state index in [0.717, 1.165) is 11.0 Å². The van der Waals surface area contributed by atoms with Crippen molar-refractivity contribution >= 4 is 23.4 Å². The fourth-order valence-electron chi connectivity index (χ4n) is 3.04. The van der Waals surface area contributed by atoms with Crippen LogP contribution in [0.3, 0.4) is 0 Å². The predicted octanol–water partition coefficient (Wildman–Crippen LogP) is 1.67. The first-order chi connectivity index (χ1) is 15.2. The zero-order chi connectivity index (χ0) is 23.8. The van der Waals surface area contributed by atoms with E-state index in [9.17, 15) is 23.6 Å². The molecule has 0 bridgehead atoms. The molecule has 2 aromatic rings. The number of halogens is 1. The molecule has 10 nitrogen and oxygen atoms in total. The predicted molar refractivity (Wildman–Crippen MR) is 117 cm³/mol. The number of hydrogen-bond acceptors (Lipinski definition) is 7. The third-order valence-corrected chi connectivity index (χ3v) is 4.68. The second-order valence-corrected chi connectivity index (χ2v) is 6.97. The van der Waals surface area contributed by atoms with Crippen molar-refractivity contribution in [1.82, 2.24) is 9.55 Å². The summed E-state index contributed by atoms with van der Waals surface area (Å²) in [6.45, 7) is 3.40. The maximum absolute atomic E-state index is 13.8. The van der Waals surface area contributed by atoms with Gasteiger partial charge in [-0.25, -0.2) is 14.0 Å². The van der Waals surface area contributed by atoms with Crippen LogP contribution >= 0.6 is 0 Å². The lowest BCUT2D eigenvalue weighted by atomic mass is 10.2. The molecule has 0 aliphatic rings. The van der Waals surface area contributed by atoms with E-state index in [2.05, 4.69) is 4.98 Å². The Morgan fingerprint density at radius 1 is 1.22 bits per heavy atom. The lowest BCUT2D eigenvalue weighted by Crippen LogP contribution is -2.43. The average molecular weight is 450 g/mol. The standard InChI is InChI=1S/C21H27FN4O6/c1-4-6-10-25(17-18(23)26(9-5-2)21(30)24-19(17)28)16(27)12-32-20(29)13-7-8-15(31-3)14(22)11-13/h7-8,11H,4-6,9-10,12,23H2,1-3H3,(H,24,28,30). The molecule has 0 atom stereocenters. The summed E-state index contributed by atoms with van der Waals surface area (Å²) in [6, 6.07) is 3.50. The molecule has 1 amide bonds. The van der Waals surface area contributed by atoms with Crippen LogP contribution in [-0.4, -0.2) is 41.7 Å². The molecule has 0 fully saturated rings. The van der Waals surface area contributed by atoms with E-state index in [0.29, 0.717) is 19.3 Å². The normalized spacial score (nSPS) is 10.6. The molecule has 0 aliphatic heterocycles. The summed E-state index contributed by atoms with van der Waals surface area (Å²) in [6.07, 6.45) is 1.82. The van der Waals surface area contributed by atoms with Crippen LogP contribution in [0.2, 0.25) is 0 Å². The van der Waals surface area contributed by atoms with Gasteiger partial charge in [-0.2, -0.15) is 0 Å². The second kappa shape index (κ2) is 11.1. The zero-order valence-electron chi connectivity index (χ0n) is 18.3. The first-order valence-corrected chi connectivity index (χ1v) is 10.2. The van der Waals surface area contributed by atoms with Gasteiger partial charge in [0.2, 0.25) is 0 Å². The number of H-pyrrole nitrogens is 1. The highest BCUT2D eigenvalue weighted by molar-refractivity contribution is 5.98. The molecule has 32 heavy (non-hydrogen) atoms. The van der Waals surface area contributed by atoms with Gasteiger partial charge in [0.15, 0.2) is 23.9 Å². The van der Waals surface area contributed by atoms with E-state index in [1.165, 1.54) is 23.8 Å². The summed E-state index contributed by atoms with van der Waals surface area (Å²) in [7, 11) is 1.29. The van der Waals surface area contributed by atoms with Crippen molar-refractivity contribution in [1.29, 1.82) is 0 Å². The van der Waals surface area contributed by atoms with Crippen LogP contribution in [-0.2, 0) is 16.1 Å². The lowest BCUT2D eigenvalue weighted by Gasteiger charge is -2.24. The molecule has 1 aromatic carbocycles. The summed E-state index contributed by atoms with van der Waals surface area (Å²) in [5, 5.41) is 0. The minimum Gasteiger partial charge on any atom is -0.494 e. The van der Waals surface area contributed by atoms with Crippen LogP contribution in [0.5, 0.6) is 5.75 Å². The van der Waals surface area contributed by atoms with Gasteiger partial charge in [0.1, 0.15) is 5.82 Å². The maximum Gasteiger partial charge on any atom is 0.338 e. The van der Waals surface area contributed by atoms with Gasteiger partial charge in [-0.1, -0.05) is 20.3 Å². The van der Waals surface area contributed by atoms with E-state index in [4.69, 9.17) is 15.2 Å². The van der Waals surface area contributed by atoms with Gasteiger partial charge in [0, 0.05) is 13.1 Å². The Morgan fingerprint density at radius 2 is 1.94 bits per heavy atom. The molecule has 0 saturated carbocycles. The van der Waals surface area contributed by atoms with Crippen molar-refractivity contribution in [2.24, 2.45) is 0 Å². The van der Waals surface area contributed by atoms with E-state index < -0.39 is 35.5 Å². The summed E-state index contributed by atoms with van der Waals surface area (Å²) in [4.78, 5) is 52.9. The van der Waals surface area contributed by atoms with Gasteiger partial charge in [-0.3, -0.25) is 19.1 Å². The Labute approximate surface area is 183 Å². The molecule has 174 valence electrons. The topological polar surface area (TPSA) is 137 Å². The first-order valence-electron chi connectivity index (χ1n) is 10.2. The molecule has 0 aliphatic carbocycles. The van der Waals surface area contributed by atoms with E-state index in [1.54, 1.807) is 0 Å². The van der Waals surface area contributed by atoms with Crippen LogP contribution in [0.4, 0.5) is 15.9 Å². The molecule has 0 unspecified atom stereocenters. The number of rotatable bonds is 10. The van der Waals surface area contributed by atoms with Crippen LogP contribution < -0.4 is 26.6 Å². The zero-order valence-corrected chi connectivity index (χ0v) is 18.3. The highest BCUT2D eigenvalue weighted by Crippen LogP contribution is 2.20. The summed E-state index contributed by atoms with van der Waals surface area (Å²) < 4.78 is 24.8. The summed E-state index contributed by atoms with van der Waals surface area (Å²) in [5.74, 6) is -2.57. The fraction of sp³-hybridized carbons (Fsp3) is 0.429. The Hall–Kier alpha value is -3.63. The number of nitrogens with one attached hydrogen (secondary N) is 1.